The van der Waals surface area contributed by atoms with Gasteiger partial charge in [-0.3, -0.25) is 18.6 Å². The number of unbranched alkanes of at least 4 members (excludes halogenated alkanes) is 38. The van der Waals surface area contributed by atoms with E-state index in [0.29, 0.717) is 17.4 Å². The zero-order chi connectivity index (χ0) is 60.7. The first-order chi connectivity index (χ1) is 40.4. The molecule has 83 heavy (non-hydrogen) atoms. The summed E-state index contributed by atoms with van der Waals surface area (Å²) in [6.07, 6.45) is 81.9. The summed E-state index contributed by atoms with van der Waals surface area (Å²) in [5.41, 5.74) is 0. The molecule has 9 nitrogen and oxygen atoms in total. The third-order valence-corrected chi connectivity index (χ3v) is 16.6. The van der Waals surface area contributed by atoms with Gasteiger partial charge in [-0.2, -0.15) is 0 Å². The molecule has 0 saturated carbocycles. The van der Waals surface area contributed by atoms with Crippen LogP contribution in [0.4, 0.5) is 0 Å². The second-order valence-electron chi connectivity index (χ2n) is 25.0. The monoisotopic (exact) mass is 1180 g/mol. The van der Waals surface area contributed by atoms with Crippen LogP contribution in [-0.4, -0.2) is 74.3 Å². The second kappa shape index (κ2) is 62.5. The van der Waals surface area contributed by atoms with Crippen molar-refractivity contribution in [2.24, 2.45) is 0 Å². The summed E-state index contributed by atoms with van der Waals surface area (Å²) in [6.45, 7) is 6.99. The lowest BCUT2D eigenvalue weighted by Gasteiger charge is -2.27. The molecule has 0 saturated heterocycles. The predicted molar refractivity (Wildman–Crippen MR) is 360 cm³/mol. The van der Waals surface area contributed by atoms with E-state index < -0.39 is 20.0 Å². The van der Waals surface area contributed by atoms with E-state index in [1.165, 1.54) is 218 Å². The Kier molecular flexibility index (Phi) is 60.6. The van der Waals surface area contributed by atoms with E-state index >= 15 is 0 Å². The van der Waals surface area contributed by atoms with E-state index in [2.05, 4.69) is 86.8 Å². The van der Waals surface area contributed by atoms with Crippen LogP contribution < -0.4 is 5.32 Å². The van der Waals surface area contributed by atoms with Crippen molar-refractivity contribution in [1.29, 1.82) is 0 Å². The molecule has 0 spiro atoms. The normalized spacial score (nSPS) is 14.0. The molecule has 0 fully saturated rings. The minimum Gasteiger partial charge on any atom is -0.456 e. The van der Waals surface area contributed by atoms with E-state index in [4.69, 9.17) is 13.8 Å². The minimum absolute atomic E-state index is 0.0384. The van der Waals surface area contributed by atoms with Crippen LogP contribution in [0.5, 0.6) is 0 Å². The van der Waals surface area contributed by atoms with E-state index in [1.54, 1.807) is 0 Å². The molecule has 2 N–H and O–H groups in total. The predicted octanol–water partition coefficient (Wildman–Crippen LogP) is 22.3. The lowest BCUT2D eigenvalue weighted by Crippen LogP contribution is -2.47. The molecule has 0 bridgehead atoms. The molecule has 0 aromatic carbocycles. The highest BCUT2D eigenvalue weighted by Gasteiger charge is 2.30. The molecule has 0 aliphatic rings. The quantitative estimate of drug-likeness (QED) is 0.0205. The number of phosphoric acid groups is 1. The number of hydrogen-bond acceptors (Lipinski definition) is 6. The van der Waals surface area contributed by atoms with Gasteiger partial charge in [0.2, 0.25) is 5.91 Å². The van der Waals surface area contributed by atoms with Crippen LogP contribution >= 0.6 is 7.82 Å². The Hall–Kier alpha value is -2.55. The Morgan fingerprint density at radius 1 is 0.422 bits per heavy atom. The maximum absolute atomic E-state index is 13.6. The molecule has 0 radical (unpaired) electrons. The Morgan fingerprint density at radius 2 is 0.735 bits per heavy atom. The van der Waals surface area contributed by atoms with E-state index in [0.717, 1.165) is 77.0 Å². The number of nitrogens with zero attached hydrogens (tertiary/aromatic N) is 1. The van der Waals surface area contributed by atoms with Crippen LogP contribution in [0, 0.1) is 0 Å². The minimum atomic E-state index is -4.46. The van der Waals surface area contributed by atoms with Crippen LogP contribution in [0.3, 0.4) is 0 Å². The number of phosphoric ester groups is 1. The van der Waals surface area contributed by atoms with Gasteiger partial charge >= 0.3 is 13.8 Å². The Balaban J connectivity index is 5.04. The number of allylic oxidation sites excluding steroid dienone is 11. The number of carbonyl (C=O) groups excluding carboxylic acids is 2. The van der Waals surface area contributed by atoms with Gasteiger partial charge in [-0.05, 0) is 102 Å². The van der Waals surface area contributed by atoms with Crippen LogP contribution in [0.2, 0.25) is 0 Å². The van der Waals surface area contributed by atoms with Crippen LogP contribution in [0.1, 0.15) is 329 Å². The molecule has 3 unspecified atom stereocenters. The van der Waals surface area contributed by atoms with Gasteiger partial charge in [-0.25, -0.2) is 4.57 Å². The summed E-state index contributed by atoms with van der Waals surface area (Å²) in [6, 6.07) is -0.853. The highest BCUT2D eigenvalue weighted by molar-refractivity contribution is 7.47. The molecule has 10 heteroatoms. The smallest absolute Gasteiger partial charge is 0.456 e. The molecule has 484 valence electrons. The van der Waals surface area contributed by atoms with Crippen LogP contribution in [0.15, 0.2) is 72.9 Å². The summed E-state index contributed by atoms with van der Waals surface area (Å²) in [5, 5.41) is 3.07. The average molecular weight is 1180 g/mol. The topological polar surface area (TPSA) is 111 Å². The first-order valence-electron chi connectivity index (χ1n) is 35.3. The van der Waals surface area contributed by atoms with Crippen molar-refractivity contribution >= 4 is 19.7 Å². The molecule has 0 aliphatic carbocycles. The molecular formula is C73H136N2O7P+. The molecule has 0 aliphatic heterocycles. The number of esters is 1. The Morgan fingerprint density at radius 3 is 1.12 bits per heavy atom. The van der Waals surface area contributed by atoms with E-state index in [-0.39, 0.29) is 31.5 Å². The van der Waals surface area contributed by atoms with Gasteiger partial charge in [0.1, 0.15) is 19.3 Å². The first-order valence-corrected chi connectivity index (χ1v) is 36.8. The van der Waals surface area contributed by atoms with Crippen molar-refractivity contribution < 1.29 is 37.3 Å². The van der Waals surface area contributed by atoms with Crippen molar-refractivity contribution in [1.82, 2.24) is 5.32 Å². The highest BCUT2D eigenvalue weighted by atomic mass is 31.2. The maximum Gasteiger partial charge on any atom is 0.472 e. The summed E-state index contributed by atoms with van der Waals surface area (Å²) in [7, 11) is 1.50. The number of hydrogen-bond donors (Lipinski definition) is 2. The highest BCUT2D eigenvalue weighted by Crippen LogP contribution is 2.43. The van der Waals surface area contributed by atoms with Gasteiger partial charge in [-0.15, -0.1) is 0 Å². The van der Waals surface area contributed by atoms with Gasteiger partial charge in [0, 0.05) is 12.8 Å². The standard InChI is InChI=1S/C73H135N2O7P/c1-7-10-13-16-19-22-25-27-29-31-33-35-37-39-41-43-45-47-50-53-56-59-62-65-72(76)74-70(69-81-83(78,79)80-68-67-75(4,5)6)71(64-61-58-55-52-49-24-21-18-15-12-9-3)82-73(77)66-63-60-57-54-51-48-46-44-42-40-38-36-34-32-30-28-26-23-20-17-14-11-8-2/h19-20,22-23,27-30,34,36,61,64,70-71H,7-18,21,24-26,31-33,35,37-60,62-63,65-69H2,1-6H3,(H-,74,76,78,79)/p+1/b22-19-,23-20-,29-27-,30-28-,36-34-,64-61+. The van der Waals surface area contributed by atoms with Crippen molar-refractivity contribution in [3.05, 3.63) is 72.9 Å². The Labute approximate surface area is 514 Å². The fraction of sp³-hybridized carbons (Fsp3) is 0.808. The number of ether oxygens (including phenoxy) is 1. The van der Waals surface area contributed by atoms with Gasteiger partial charge < -0.3 is 19.4 Å². The van der Waals surface area contributed by atoms with Gasteiger partial charge in [0.05, 0.1) is 33.8 Å². The summed E-state index contributed by atoms with van der Waals surface area (Å²) in [4.78, 5) is 37.9. The molecule has 0 aromatic heterocycles. The van der Waals surface area contributed by atoms with Crippen molar-refractivity contribution in [3.8, 4) is 0 Å². The van der Waals surface area contributed by atoms with Crippen molar-refractivity contribution in [3.63, 3.8) is 0 Å². The van der Waals surface area contributed by atoms with E-state index in [1.807, 2.05) is 33.3 Å². The Bertz CT molecular complexity index is 1650. The number of quaternary nitrogens is 1. The molecule has 1 amide bonds. The van der Waals surface area contributed by atoms with Crippen molar-refractivity contribution in [2.75, 3.05) is 40.9 Å². The van der Waals surface area contributed by atoms with E-state index in [9.17, 15) is 19.0 Å². The number of likely N-dealkylation sites (N-methyl/N-ethyl adjacent to an activating group) is 1. The number of rotatable bonds is 64. The lowest BCUT2D eigenvalue weighted by molar-refractivity contribution is -0.870. The summed E-state index contributed by atoms with van der Waals surface area (Å²) < 4.78 is 30.8. The summed E-state index contributed by atoms with van der Waals surface area (Å²) >= 11 is 0. The fourth-order valence-electron chi connectivity index (χ4n) is 10.2. The lowest BCUT2D eigenvalue weighted by atomic mass is 10.0. The SMILES string of the molecule is CCCCC/C=C\C/C=C\C/C=C\CCCCCCCCCCCCC(=O)OC(/C=C/CCCCCCCCCCC)C(COP(=O)(O)OCC[N+](C)(C)C)NC(=O)CCCCCCCCCCCCCCC/C=C\C/C=C\CCCCC. The van der Waals surface area contributed by atoms with Gasteiger partial charge in [-0.1, -0.05) is 287 Å². The molecule has 3 atom stereocenters. The van der Waals surface area contributed by atoms with Gasteiger partial charge in [0.15, 0.2) is 0 Å². The second-order valence-corrected chi connectivity index (χ2v) is 26.5. The zero-order valence-corrected chi connectivity index (χ0v) is 56.3. The average Bonchev–Trinajstić information content (AvgIpc) is 3.51. The number of carbonyl (C=O) groups is 2. The summed E-state index contributed by atoms with van der Waals surface area (Å²) in [5.74, 6) is -0.502. The molecule has 0 aromatic rings. The number of amides is 1. The largest absolute Gasteiger partial charge is 0.472 e. The number of nitrogens with one attached hydrogen (secondary N) is 1. The fourth-order valence-corrected chi connectivity index (χ4v) is 10.9. The van der Waals surface area contributed by atoms with Crippen LogP contribution in [-0.2, 0) is 27.9 Å². The first kappa shape index (κ1) is 80.5. The zero-order valence-electron chi connectivity index (χ0n) is 55.4. The third kappa shape index (κ3) is 63.8. The molecule has 0 rings (SSSR count). The third-order valence-electron chi connectivity index (χ3n) is 15.6. The van der Waals surface area contributed by atoms with Gasteiger partial charge in [0.25, 0.3) is 0 Å². The maximum atomic E-state index is 13.6. The van der Waals surface area contributed by atoms with Crippen molar-refractivity contribution in [2.45, 2.75) is 341 Å². The van der Waals surface area contributed by atoms with Crippen LogP contribution in [0.25, 0.3) is 0 Å². The molecule has 0 heterocycles. The molecular weight excluding hydrogens is 1050 g/mol.